The third-order valence-electron chi connectivity index (χ3n) is 5.19. The molecule has 1 aromatic carbocycles. The topological polar surface area (TPSA) is 0 Å². The monoisotopic (exact) mass is 358 g/mol. The molecule has 0 fully saturated rings. The van der Waals surface area contributed by atoms with E-state index in [9.17, 15) is 17.6 Å². The summed E-state index contributed by atoms with van der Waals surface area (Å²) in [5, 5.41) is 0. The fourth-order valence-corrected chi connectivity index (χ4v) is 3.74. The van der Waals surface area contributed by atoms with Crippen molar-refractivity contribution >= 4 is 0 Å². The van der Waals surface area contributed by atoms with E-state index in [1.807, 2.05) is 60.0 Å². The second-order valence-electron chi connectivity index (χ2n) is 6.75. The summed E-state index contributed by atoms with van der Waals surface area (Å²) >= 11 is 0. The molecule has 2 aliphatic rings. The molecule has 2 aliphatic carbocycles. The summed E-state index contributed by atoms with van der Waals surface area (Å²) in [6, 6.07) is 7.60. The average molecular weight is 358 g/mol. The average Bonchev–Trinajstić information content (AvgIpc) is 3.29. The number of halogens is 4. The van der Waals surface area contributed by atoms with Gasteiger partial charge in [0.15, 0.2) is 0 Å². The normalized spacial score (nSPS) is 18.9. The Hall–Kier alpha value is -2.54. The highest BCUT2D eigenvalue weighted by Gasteiger charge is 2.34. The molecule has 26 heavy (non-hydrogen) atoms. The maximum atomic E-state index is 12.6. The molecule has 0 bridgehead atoms. The standard InChI is InChI=1S/C22H18F4/c23-19(24)8-14-21(10-1-2-11-21)17-6-5-7-18(16-17)22(12-3-4-13-22)15-9-20(25)26/h1-7,14-16H,10-13H2. The molecule has 0 spiro atoms. The molecule has 0 N–H and O–H groups in total. The van der Waals surface area contributed by atoms with E-state index in [-0.39, 0.29) is 0 Å². The van der Waals surface area contributed by atoms with Gasteiger partial charge in [0.2, 0.25) is 0 Å². The highest BCUT2D eigenvalue weighted by molar-refractivity contribution is 5.43. The third kappa shape index (κ3) is 3.67. The van der Waals surface area contributed by atoms with E-state index in [0.717, 1.165) is 11.1 Å². The van der Waals surface area contributed by atoms with E-state index in [1.165, 1.54) is 12.2 Å². The number of allylic oxidation sites excluding steroid dienone is 6. The van der Waals surface area contributed by atoms with Gasteiger partial charge in [-0.2, -0.15) is 17.6 Å². The SMILES string of the molecule is FC(F)=C=CC1(c2cccc(C3(C=C=C(F)F)CC=CC3)c2)CC=CC1. The van der Waals surface area contributed by atoms with Crippen molar-refractivity contribution in [2.75, 3.05) is 0 Å². The number of hydrogen-bond donors (Lipinski definition) is 0. The zero-order chi connectivity index (χ0) is 18.6. The first-order valence-corrected chi connectivity index (χ1v) is 8.45. The van der Waals surface area contributed by atoms with Gasteiger partial charge in [-0.05, 0) is 49.0 Å². The Labute approximate surface area is 150 Å². The molecular formula is C22H18F4. The van der Waals surface area contributed by atoms with E-state index in [2.05, 4.69) is 0 Å². The van der Waals surface area contributed by atoms with Crippen LogP contribution in [0.5, 0.6) is 0 Å². The first kappa shape index (κ1) is 18.3. The van der Waals surface area contributed by atoms with Crippen LogP contribution >= 0.6 is 0 Å². The smallest absolute Gasteiger partial charge is 0.164 e. The van der Waals surface area contributed by atoms with Crippen molar-refractivity contribution in [3.63, 3.8) is 0 Å². The third-order valence-corrected chi connectivity index (χ3v) is 5.19. The van der Waals surface area contributed by atoms with Crippen molar-refractivity contribution < 1.29 is 17.6 Å². The Morgan fingerprint density at radius 3 is 1.46 bits per heavy atom. The van der Waals surface area contributed by atoms with Crippen LogP contribution in [0.4, 0.5) is 17.6 Å². The zero-order valence-corrected chi connectivity index (χ0v) is 14.1. The van der Waals surface area contributed by atoms with Crippen molar-refractivity contribution in [3.05, 3.63) is 95.5 Å². The van der Waals surface area contributed by atoms with E-state index in [0.29, 0.717) is 25.7 Å². The molecule has 0 nitrogen and oxygen atoms in total. The summed E-state index contributed by atoms with van der Waals surface area (Å²) in [6.45, 7) is 0. The molecule has 0 unspecified atom stereocenters. The van der Waals surface area contributed by atoms with Gasteiger partial charge in [-0.3, -0.25) is 0 Å². The lowest BCUT2D eigenvalue weighted by atomic mass is 9.73. The van der Waals surface area contributed by atoms with Gasteiger partial charge in [0.05, 0.1) is 0 Å². The van der Waals surface area contributed by atoms with Crippen LogP contribution in [0.15, 0.2) is 84.3 Å². The number of benzene rings is 1. The Bertz CT molecular complexity index is 782. The van der Waals surface area contributed by atoms with Crippen molar-refractivity contribution in [2.45, 2.75) is 36.5 Å². The highest BCUT2D eigenvalue weighted by atomic mass is 19.3. The van der Waals surface area contributed by atoms with Gasteiger partial charge in [0.25, 0.3) is 0 Å². The molecule has 0 radical (unpaired) electrons. The van der Waals surface area contributed by atoms with Crippen LogP contribution in [-0.2, 0) is 10.8 Å². The van der Waals surface area contributed by atoms with Crippen LogP contribution in [0.1, 0.15) is 36.8 Å². The van der Waals surface area contributed by atoms with E-state index < -0.39 is 23.0 Å². The van der Waals surface area contributed by atoms with Crippen LogP contribution in [-0.4, -0.2) is 0 Å². The molecule has 0 aromatic heterocycles. The summed E-state index contributed by atoms with van der Waals surface area (Å²) < 4.78 is 50.4. The molecule has 134 valence electrons. The minimum atomic E-state index is -1.85. The first-order chi connectivity index (χ1) is 12.5. The Morgan fingerprint density at radius 1 is 0.731 bits per heavy atom. The van der Waals surface area contributed by atoms with Crippen molar-refractivity contribution in [3.8, 4) is 0 Å². The predicted octanol–water partition coefficient (Wildman–Crippen LogP) is 6.73. The van der Waals surface area contributed by atoms with Gasteiger partial charge < -0.3 is 0 Å². The Morgan fingerprint density at radius 2 is 1.12 bits per heavy atom. The van der Waals surface area contributed by atoms with Crippen LogP contribution < -0.4 is 0 Å². The van der Waals surface area contributed by atoms with Gasteiger partial charge in [-0.25, -0.2) is 0 Å². The van der Waals surface area contributed by atoms with Crippen LogP contribution in [0.25, 0.3) is 0 Å². The van der Waals surface area contributed by atoms with E-state index in [1.54, 1.807) is 0 Å². The number of hydrogen-bond acceptors (Lipinski definition) is 0. The van der Waals surface area contributed by atoms with Gasteiger partial charge in [-0.1, -0.05) is 60.0 Å². The lowest BCUT2D eigenvalue weighted by Crippen LogP contribution is -2.23. The molecule has 0 saturated carbocycles. The molecule has 3 rings (SSSR count). The summed E-state index contributed by atoms with van der Waals surface area (Å²) in [6.07, 6.45) is 9.46. The van der Waals surface area contributed by atoms with E-state index in [4.69, 9.17) is 0 Å². The summed E-state index contributed by atoms with van der Waals surface area (Å²) in [5.41, 5.74) is 4.73. The fraction of sp³-hybridized carbons (Fsp3) is 0.273. The maximum Gasteiger partial charge on any atom is 0.312 e. The molecule has 0 aliphatic heterocycles. The molecular weight excluding hydrogens is 340 g/mol. The number of rotatable bonds is 4. The molecule has 0 amide bonds. The lowest BCUT2D eigenvalue weighted by molar-refractivity contribution is 0.422. The predicted molar refractivity (Wildman–Crippen MR) is 94.2 cm³/mol. The summed E-state index contributed by atoms with van der Waals surface area (Å²) in [5.74, 6) is 0. The van der Waals surface area contributed by atoms with Crippen molar-refractivity contribution in [1.29, 1.82) is 0 Å². The molecule has 4 heteroatoms. The first-order valence-electron chi connectivity index (χ1n) is 8.45. The van der Waals surface area contributed by atoms with Gasteiger partial charge >= 0.3 is 12.2 Å². The largest absolute Gasteiger partial charge is 0.312 e. The van der Waals surface area contributed by atoms with Crippen LogP contribution in [0.2, 0.25) is 0 Å². The fourth-order valence-electron chi connectivity index (χ4n) is 3.74. The van der Waals surface area contributed by atoms with Crippen molar-refractivity contribution in [1.82, 2.24) is 0 Å². The highest BCUT2D eigenvalue weighted by Crippen LogP contribution is 2.43. The van der Waals surface area contributed by atoms with Gasteiger partial charge in [0, 0.05) is 10.8 Å². The quantitative estimate of drug-likeness (QED) is 0.318. The second kappa shape index (κ2) is 7.37. The summed E-state index contributed by atoms with van der Waals surface area (Å²) in [4.78, 5) is 0. The van der Waals surface area contributed by atoms with Gasteiger partial charge in [-0.15, -0.1) is 0 Å². The molecule has 0 saturated heterocycles. The molecule has 0 atom stereocenters. The minimum absolute atomic E-state index is 0.572. The minimum Gasteiger partial charge on any atom is -0.164 e. The zero-order valence-electron chi connectivity index (χ0n) is 14.1. The lowest BCUT2D eigenvalue weighted by Gasteiger charge is -2.30. The molecule has 1 aromatic rings. The maximum absolute atomic E-state index is 12.6. The summed E-state index contributed by atoms with van der Waals surface area (Å²) in [7, 11) is 0. The van der Waals surface area contributed by atoms with Gasteiger partial charge in [0.1, 0.15) is 0 Å². The second-order valence-corrected chi connectivity index (χ2v) is 6.75. The van der Waals surface area contributed by atoms with E-state index >= 15 is 0 Å². The van der Waals surface area contributed by atoms with Crippen LogP contribution in [0, 0.1) is 0 Å². The Kier molecular flexibility index (Phi) is 5.18. The van der Waals surface area contributed by atoms with Crippen LogP contribution in [0.3, 0.4) is 0 Å². The molecule has 0 heterocycles. The van der Waals surface area contributed by atoms with Crippen molar-refractivity contribution in [2.24, 2.45) is 0 Å². The Balaban J connectivity index is 2.07.